The monoisotopic (exact) mass is 440 g/mol. The molecule has 0 aliphatic rings. The van der Waals surface area contributed by atoms with Gasteiger partial charge in [0.15, 0.2) is 5.58 Å². The summed E-state index contributed by atoms with van der Waals surface area (Å²) >= 11 is 12.3. The van der Waals surface area contributed by atoms with E-state index in [4.69, 9.17) is 32.4 Å². The first kappa shape index (κ1) is 20.3. The first-order valence-electron chi connectivity index (χ1n) is 9.43. The van der Waals surface area contributed by atoms with Gasteiger partial charge in [0.1, 0.15) is 11.3 Å². The molecule has 30 heavy (non-hydrogen) atoms. The maximum absolute atomic E-state index is 12.7. The van der Waals surface area contributed by atoms with Crippen LogP contribution in [0.3, 0.4) is 0 Å². The van der Waals surface area contributed by atoms with Gasteiger partial charge < -0.3 is 14.5 Å². The lowest BCUT2D eigenvalue weighted by molar-refractivity contribution is 0.102. The number of benzene rings is 3. The SMILES string of the molecule is CCCOc1cccc(C(=O)Nc2cc(-c3nc4cc(Cl)ccc4o3)ccc2Cl)c1. The van der Waals surface area contributed by atoms with Crippen LogP contribution in [-0.2, 0) is 0 Å². The van der Waals surface area contributed by atoms with Gasteiger partial charge in [0.2, 0.25) is 5.89 Å². The van der Waals surface area contributed by atoms with Crippen LogP contribution in [0, 0.1) is 0 Å². The van der Waals surface area contributed by atoms with Crippen molar-refractivity contribution in [1.29, 1.82) is 0 Å². The van der Waals surface area contributed by atoms with Gasteiger partial charge in [-0.05, 0) is 61.0 Å². The van der Waals surface area contributed by atoms with Crippen molar-refractivity contribution in [2.75, 3.05) is 11.9 Å². The van der Waals surface area contributed by atoms with Crippen molar-refractivity contribution in [3.05, 3.63) is 76.3 Å². The molecule has 4 rings (SSSR count). The average Bonchev–Trinajstić information content (AvgIpc) is 3.17. The number of halogens is 2. The lowest BCUT2D eigenvalue weighted by Gasteiger charge is -2.10. The summed E-state index contributed by atoms with van der Waals surface area (Å²) in [5.74, 6) is 0.768. The molecule has 0 aliphatic heterocycles. The van der Waals surface area contributed by atoms with Crippen molar-refractivity contribution < 1.29 is 13.9 Å². The molecule has 1 N–H and O–H groups in total. The Balaban J connectivity index is 1.59. The minimum absolute atomic E-state index is 0.291. The number of nitrogens with one attached hydrogen (secondary N) is 1. The summed E-state index contributed by atoms with van der Waals surface area (Å²) < 4.78 is 11.4. The number of amides is 1. The molecule has 1 aromatic heterocycles. The predicted molar refractivity (Wildman–Crippen MR) is 120 cm³/mol. The standard InChI is InChI=1S/C23H18Cl2N2O3/c1-2-10-29-17-5-3-4-14(11-17)22(28)26-19-12-15(6-8-18(19)25)23-27-20-13-16(24)7-9-21(20)30-23/h3-9,11-13H,2,10H2,1H3,(H,26,28). The third-order valence-electron chi connectivity index (χ3n) is 4.38. The highest BCUT2D eigenvalue weighted by Crippen LogP contribution is 2.31. The van der Waals surface area contributed by atoms with Gasteiger partial charge in [-0.15, -0.1) is 0 Å². The van der Waals surface area contributed by atoms with Gasteiger partial charge in [-0.2, -0.15) is 0 Å². The van der Waals surface area contributed by atoms with Crippen LogP contribution in [0.25, 0.3) is 22.6 Å². The highest BCUT2D eigenvalue weighted by molar-refractivity contribution is 6.34. The van der Waals surface area contributed by atoms with E-state index in [1.807, 2.05) is 13.0 Å². The van der Waals surface area contributed by atoms with Gasteiger partial charge in [-0.25, -0.2) is 4.98 Å². The van der Waals surface area contributed by atoms with Gasteiger partial charge in [0, 0.05) is 16.1 Å². The molecule has 0 spiro atoms. The van der Waals surface area contributed by atoms with E-state index in [2.05, 4.69) is 10.3 Å². The van der Waals surface area contributed by atoms with E-state index < -0.39 is 0 Å². The Morgan fingerprint density at radius 2 is 1.97 bits per heavy atom. The number of anilines is 1. The van der Waals surface area contributed by atoms with Crippen LogP contribution < -0.4 is 10.1 Å². The van der Waals surface area contributed by atoms with Crippen molar-refractivity contribution in [3.63, 3.8) is 0 Å². The Morgan fingerprint density at radius 1 is 1.10 bits per heavy atom. The second kappa shape index (κ2) is 8.78. The number of hydrogen-bond acceptors (Lipinski definition) is 4. The lowest BCUT2D eigenvalue weighted by Crippen LogP contribution is -2.12. The lowest BCUT2D eigenvalue weighted by atomic mass is 10.1. The zero-order chi connectivity index (χ0) is 21.1. The van der Waals surface area contributed by atoms with E-state index in [9.17, 15) is 4.79 Å². The smallest absolute Gasteiger partial charge is 0.255 e. The highest BCUT2D eigenvalue weighted by Gasteiger charge is 2.14. The van der Waals surface area contributed by atoms with Crippen molar-refractivity contribution in [1.82, 2.24) is 4.98 Å². The highest BCUT2D eigenvalue weighted by atomic mass is 35.5. The number of nitrogens with zero attached hydrogens (tertiary/aromatic N) is 1. The van der Waals surface area contributed by atoms with E-state index in [1.54, 1.807) is 54.6 Å². The van der Waals surface area contributed by atoms with E-state index in [0.29, 0.717) is 56.2 Å². The van der Waals surface area contributed by atoms with E-state index in [0.717, 1.165) is 6.42 Å². The van der Waals surface area contributed by atoms with Crippen molar-refractivity contribution in [3.8, 4) is 17.2 Å². The molecule has 1 amide bonds. The zero-order valence-corrected chi connectivity index (χ0v) is 17.6. The number of rotatable bonds is 6. The number of hydrogen-bond donors (Lipinski definition) is 1. The summed E-state index contributed by atoms with van der Waals surface area (Å²) in [6.45, 7) is 2.62. The van der Waals surface area contributed by atoms with Gasteiger partial charge in [-0.3, -0.25) is 4.79 Å². The molecule has 0 radical (unpaired) electrons. The minimum Gasteiger partial charge on any atom is -0.494 e. The quantitative estimate of drug-likeness (QED) is 0.356. The minimum atomic E-state index is -0.291. The van der Waals surface area contributed by atoms with Crippen LogP contribution in [0.1, 0.15) is 23.7 Å². The average molecular weight is 441 g/mol. The Labute approximate surface area is 183 Å². The van der Waals surface area contributed by atoms with E-state index >= 15 is 0 Å². The number of fused-ring (bicyclic) bond motifs is 1. The van der Waals surface area contributed by atoms with Crippen LogP contribution in [0.2, 0.25) is 10.0 Å². The van der Waals surface area contributed by atoms with Crippen LogP contribution in [0.4, 0.5) is 5.69 Å². The summed E-state index contributed by atoms with van der Waals surface area (Å²) in [6, 6.07) is 17.5. The number of carbonyl (C=O) groups is 1. The fourth-order valence-corrected chi connectivity index (χ4v) is 3.25. The molecule has 4 aromatic rings. The third kappa shape index (κ3) is 4.42. The molecule has 3 aromatic carbocycles. The summed E-state index contributed by atoms with van der Waals surface area (Å²) in [5, 5.41) is 3.83. The predicted octanol–water partition coefficient (Wildman–Crippen LogP) is 6.84. The first-order chi connectivity index (χ1) is 14.5. The topological polar surface area (TPSA) is 64.4 Å². The van der Waals surface area contributed by atoms with Crippen molar-refractivity contribution >= 4 is 45.9 Å². The summed E-state index contributed by atoms with van der Waals surface area (Å²) in [4.78, 5) is 17.2. The number of oxazole rings is 1. The maximum atomic E-state index is 12.7. The van der Waals surface area contributed by atoms with Crippen LogP contribution >= 0.6 is 23.2 Å². The zero-order valence-electron chi connectivity index (χ0n) is 16.1. The molecule has 0 unspecified atom stereocenters. The molecular weight excluding hydrogens is 423 g/mol. The van der Waals surface area contributed by atoms with Crippen molar-refractivity contribution in [2.45, 2.75) is 13.3 Å². The molecule has 1 heterocycles. The second-order valence-electron chi connectivity index (χ2n) is 6.66. The second-order valence-corrected chi connectivity index (χ2v) is 7.50. The third-order valence-corrected chi connectivity index (χ3v) is 4.94. The Bertz CT molecular complexity index is 1220. The Kier molecular flexibility index (Phi) is 5.93. The number of ether oxygens (including phenoxy) is 1. The molecule has 0 saturated heterocycles. The first-order valence-corrected chi connectivity index (χ1v) is 10.2. The van der Waals surface area contributed by atoms with E-state index in [1.165, 1.54) is 0 Å². The van der Waals surface area contributed by atoms with Crippen LogP contribution in [-0.4, -0.2) is 17.5 Å². The van der Waals surface area contributed by atoms with Gasteiger partial charge in [0.05, 0.1) is 17.3 Å². The molecule has 0 saturated carbocycles. The van der Waals surface area contributed by atoms with E-state index in [-0.39, 0.29) is 5.91 Å². The molecule has 5 nitrogen and oxygen atoms in total. The Morgan fingerprint density at radius 3 is 2.80 bits per heavy atom. The van der Waals surface area contributed by atoms with Gasteiger partial charge in [0.25, 0.3) is 5.91 Å². The Hall–Kier alpha value is -3.02. The molecule has 0 fully saturated rings. The largest absolute Gasteiger partial charge is 0.494 e. The van der Waals surface area contributed by atoms with Crippen molar-refractivity contribution in [2.24, 2.45) is 0 Å². The fraction of sp³-hybridized carbons (Fsp3) is 0.130. The molecule has 7 heteroatoms. The number of aromatic nitrogens is 1. The van der Waals surface area contributed by atoms with Gasteiger partial charge in [-0.1, -0.05) is 36.2 Å². The van der Waals surface area contributed by atoms with Gasteiger partial charge >= 0.3 is 0 Å². The maximum Gasteiger partial charge on any atom is 0.255 e. The van der Waals surface area contributed by atoms with Crippen LogP contribution in [0.5, 0.6) is 5.75 Å². The summed E-state index contributed by atoms with van der Waals surface area (Å²) in [5.41, 5.74) is 2.89. The fourth-order valence-electron chi connectivity index (χ4n) is 2.92. The summed E-state index contributed by atoms with van der Waals surface area (Å²) in [7, 11) is 0. The molecule has 0 aliphatic carbocycles. The molecule has 0 bridgehead atoms. The normalized spacial score (nSPS) is 10.9. The summed E-state index contributed by atoms with van der Waals surface area (Å²) in [6.07, 6.45) is 0.890. The molecule has 0 atom stereocenters. The van der Waals surface area contributed by atoms with Crippen LogP contribution in [0.15, 0.2) is 65.1 Å². The number of carbonyl (C=O) groups excluding carboxylic acids is 1. The molecular formula is C23H18Cl2N2O3. The molecule has 152 valence electrons.